The Morgan fingerprint density at radius 2 is 0.441 bits per heavy atom. The highest BCUT2D eigenvalue weighted by atomic mass is 16.3. The Hall–Kier alpha value is -18.4. The van der Waals surface area contributed by atoms with Crippen molar-refractivity contribution < 1.29 is 8.83 Å². The van der Waals surface area contributed by atoms with E-state index in [2.05, 4.69) is 422 Å². The second-order valence-corrected chi connectivity index (χ2v) is 34.3. The average Bonchev–Trinajstić information content (AvgIpc) is 1.56. The van der Waals surface area contributed by atoms with Gasteiger partial charge in [0.05, 0.1) is 32.8 Å². The van der Waals surface area contributed by atoms with Crippen LogP contribution < -0.4 is 0 Å². The van der Waals surface area contributed by atoms with E-state index in [4.69, 9.17) is 38.7 Å². The first-order valence-corrected chi connectivity index (χ1v) is 45.8. The van der Waals surface area contributed by atoms with E-state index in [-0.39, 0.29) is 0 Å². The largest absolute Gasteiger partial charge is 0.455 e. The number of aromatic nitrogens is 8. The smallest absolute Gasteiger partial charge is 0.164 e. The first-order chi connectivity index (χ1) is 67.4. The van der Waals surface area contributed by atoms with Gasteiger partial charge < -0.3 is 18.0 Å². The predicted octanol–water partition coefficient (Wildman–Crippen LogP) is 33.1. The molecule has 0 radical (unpaired) electrons. The number of benzene rings is 20. The summed E-state index contributed by atoms with van der Waals surface area (Å²) in [6, 6.07) is 170. The lowest BCUT2D eigenvalue weighted by Gasteiger charge is -2.16. The van der Waals surface area contributed by atoms with Gasteiger partial charge in [0.25, 0.3) is 0 Å². The normalized spacial score (nSPS) is 11.5. The van der Waals surface area contributed by atoms with E-state index in [9.17, 15) is 0 Å². The lowest BCUT2D eigenvalue weighted by atomic mass is 9.90. The predicted molar refractivity (Wildman–Crippen MR) is 559 cm³/mol. The topological polar surface area (TPSA) is 113 Å². The molecule has 0 aliphatic carbocycles. The van der Waals surface area contributed by atoms with Gasteiger partial charge in [-0.25, -0.2) is 29.9 Å². The van der Waals surface area contributed by atoms with Crippen molar-refractivity contribution in [3.8, 4) is 169 Å². The molecule has 0 saturated carbocycles. The summed E-state index contributed by atoms with van der Waals surface area (Å²) in [7, 11) is 0. The highest BCUT2D eigenvalue weighted by Gasteiger charge is 2.27. The van der Waals surface area contributed by atoms with Crippen LogP contribution in [0.4, 0.5) is 0 Å². The van der Waals surface area contributed by atoms with E-state index in [1.54, 1.807) is 0 Å². The van der Waals surface area contributed by atoms with Gasteiger partial charge in [0, 0.05) is 82.6 Å². The van der Waals surface area contributed by atoms with E-state index in [0.717, 1.165) is 221 Å². The molecule has 0 amide bonds. The second-order valence-electron chi connectivity index (χ2n) is 34.3. The minimum Gasteiger partial charge on any atom is -0.455 e. The molecule has 0 fully saturated rings. The minimum atomic E-state index is 0.568. The van der Waals surface area contributed by atoms with Crippen molar-refractivity contribution in [2.24, 2.45) is 0 Å². The third kappa shape index (κ3) is 14.6. The van der Waals surface area contributed by atoms with Crippen molar-refractivity contribution in [1.29, 1.82) is 0 Å². The molecule has 0 aliphatic rings. The number of furan rings is 2. The molecule has 0 atom stereocenters. The van der Waals surface area contributed by atoms with E-state index in [1.165, 1.54) is 0 Å². The number of hydrogen-bond donors (Lipinski definition) is 0. The van der Waals surface area contributed by atoms with Crippen molar-refractivity contribution in [2.75, 3.05) is 0 Å². The first kappa shape index (κ1) is 79.8. The molecule has 0 bridgehead atoms. The van der Waals surface area contributed by atoms with E-state index in [0.29, 0.717) is 34.9 Å². The van der Waals surface area contributed by atoms with Crippen LogP contribution in [0.25, 0.3) is 256 Å². The number of nitrogens with zero attached hydrogens (tertiary/aromatic N) is 8. The fourth-order valence-corrected chi connectivity index (χ4v) is 19.6. The maximum atomic E-state index is 7.26. The van der Waals surface area contributed by atoms with Crippen LogP contribution in [0.2, 0.25) is 0 Å². The van der Waals surface area contributed by atoms with Crippen LogP contribution >= 0.6 is 0 Å². The Balaban J connectivity index is 0.000000145. The van der Waals surface area contributed by atoms with Gasteiger partial charge in [0.15, 0.2) is 34.9 Å². The second kappa shape index (κ2) is 34.2. The molecule has 0 aliphatic heterocycles. The Morgan fingerprint density at radius 1 is 0.147 bits per heavy atom. The summed E-state index contributed by atoms with van der Waals surface area (Å²) in [4.78, 5) is 31.4. The summed E-state index contributed by atoms with van der Waals surface area (Å²) in [6.07, 6.45) is 0. The SMILES string of the molecule is c1ccc(-c2cc(-c3ccccc3)cc(-c3ccc(-c4ccc5c(c4)oc4c5ccc5c4c4ccccc4n5-c4ccccc4)c(-c4nc(-c5ccccc5)nc(-c5ccccc5)n4)c3)c2)cc1.c1ccc(-c2cc(-c3ccccc3)cc(-c3ccc(-c4cccc5c4oc4c5ccc5c4c4ccccc4n5-c4ccccc4)c(-c4nc(-c5ccccc5)nc(-c5ccccc5)n4)c3)c2)cc1. The molecule has 20 aromatic carbocycles. The number of fused-ring (bicyclic) bond motifs is 14. The van der Waals surface area contributed by atoms with Crippen molar-refractivity contribution in [1.82, 2.24) is 39.0 Å². The van der Waals surface area contributed by atoms with E-state index >= 15 is 0 Å². The van der Waals surface area contributed by atoms with Gasteiger partial charge in [0.1, 0.15) is 22.3 Å². The Bertz CT molecular complexity index is 8810. The highest BCUT2D eigenvalue weighted by Crippen LogP contribution is 2.49. The molecule has 26 rings (SSSR count). The summed E-state index contributed by atoms with van der Waals surface area (Å²) in [5.41, 5.74) is 32.7. The zero-order chi connectivity index (χ0) is 89.9. The van der Waals surface area contributed by atoms with Gasteiger partial charge in [-0.3, -0.25) is 0 Å². The molecule has 6 aromatic heterocycles. The van der Waals surface area contributed by atoms with Crippen LogP contribution in [-0.4, -0.2) is 39.0 Å². The molecule has 636 valence electrons. The molecule has 26 aromatic rings. The summed E-state index contributed by atoms with van der Waals surface area (Å²) in [5, 5.41) is 8.72. The summed E-state index contributed by atoms with van der Waals surface area (Å²) >= 11 is 0. The van der Waals surface area contributed by atoms with E-state index < -0.39 is 0 Å². The molecular weight excluding hydrogens is 1660 g/mol. The molecule has 6 heterocycles. The summed E-state index contributed by atoms with van der Waals surface area (Å²) in [6.45, 7) is 0. The van der Waals surface area contributed by atoms with Crippen LogP contribution in [0.1, 0.15) is 0 Å². The van der Waals surface area contributed by atoms with Crippen molar-refractivity contribution in [3.05, 3.63) is 485 Å². The quantitative estimate of drug-likeness (QED) is 0.0940. The fraction of sp³-hybridized carbons (Fsp3) is 0. The molecule has 10 nitrogen and oxygen atoms in total. The Labute approximate surface area is 784 Å². The monoisotopic (exact) mass is 1740 g/mol. The van der Waals surface area contributed by atoms with Gasteiger partial charge in [-0.2, -0.15) is 0 Å². The average molecular weight is 1740 g/mol. The van der Waals surface area contributed by atoms with E-state index in [1.807, 2.05) is 72.8 Å². The van der Waals surface area contributed by atoms with Gasteiger partial charge in [0.2, 0.25) is 0 Å². The molecule has 0 N–H and O–H groups in total. The van der Waals surface area contributed by atoms with Crippen molar-refractivity contribution in [3.63, 3.8) is 0 Å². The summed E-state index contributed by atoms with van der Waals surface area (Å²) in [5.74, 6) is 3.56. The molecule has 10 heteroatoms. The van der Waals surface area contributed by atoms with Gasteiger partial charge in [-0.15, -0.1) is 0 Å². The maximum absolute atomic E-state index is 7.26. The third-order valence-electron chi connectivity index (χ3n) is 26.1. The number of para-hydroxylation sites is 5. The fourth-order valence-electron chi connectivity index (χ4n) is 19.6. The molecule has 0 saturated heterocycles. The van der Waals surface area contributed by atoms with Gasteiger partial charge in [-0.05, 0) is 205 Å². The van der Waals surface area contributed by atoms with Crippen molar-refractivity contribution in [2.45, 2.75) is 0 Å². The van der Waals surface area contributed by atoms with Crippen molar-refractivity contribution >= 4 is 87.5 Å². The zero-order valence-electron chi connectivity index (χ0n) is 73.6. The Kier molecular flexibility index (Phi) is 20.0. The molecule has 0 spiro atoms. The van der Waals surface area contributed by atoms with Crippen LogP contribution in [0.5, 0.6) is 0 Å². The molecule has 136 heavy (non-hydrogen) atoms. The van der Waals surface area contributed by atoms with Crippen LogP contribution in [0, 0.1) is 0 Å². The lowest BCUT2D eigenvalue weighted by Crippen LogP contribution is -2.01. The Morgan fingerprint density at radius 3 is 0.838 bits per heavy atom. The number of hydrogen-bond acceptors (Lipinski definition) is 8. The molecule has 0 unspecified atom stereocenters. The highest BCUT2D eigenvalue weighted by molar-refractivity contribution is 6.26. The lowest BCUT2D eigenvalue weighted by molar-refractivity contribution is 0.673. The van der Waals surface area contributed by atoms with Gasteiger partial charge in [-0.1, -0.05) is 364 Å². The first-order valence-electron chi connectivity index (χ1n) is 45.8. The maximum Gasteiger partial charge on any atom is 0.164 e. The van der Waals surface area contributed by atoms with Gasteiger partial charge >= 0.3 is 0 Å². The standard InChI is InChI=1S/2C63H40N4O/c1-6-19-41(20-7-1)46-37-47(42-21-8-2-9-22-42)39-48(38-46)45-33-34-50(55(40-45)63-65-61(43-23-10-3-11-24-43)64-62(66-63)44-25-12-4-13-26-44)51-30-18-31-52-53-35-36-57-58(60(53)68-59(51)52)54-29-16-17-32-56(54)67(57)49-27-14-5-15-28-49;1-6-18-41(19-7-1)47-36-48(42-20-8-2-9-21-42)38-49(37-47)45-30-32-51(55(39-45)63-65-61(43-22-10-3-11-23-43)64-62(66-63)44-24-12-4-13-25-44)46-31-33-52-53-34-35-57-59(60(53)68-58(52)40-46)54-28-16-17-29-56(54)67(57)50-26-14-5-15-27-50/h2*1-40H. The number of rotatable bonds is 16. The summed E-state index contributed by atoms with van der Waals surface area (Å²) < 4.78 is 19.0. The third-order valence-corrected chi connectivity index (χ3v) is 26.1. The zero-order valence-corrected chi connectivity index (χ0v) is 73.6. The minimum absolute atomic E-state index is 0.568. The molecular formula is C126H80N8O2. The van der Waals surface area contributed by atoms with Crippen LogP contribution in [0.3, 0.4) is 0 Å². The van der Waals surface area contributed by atoms with Crippen LogP contribution in [0.15, 0.2) is 494 Å². The van der Waals surface area contributed by atoms with Crippen LogP contribution in [-0.2, 0) is 0 Å².